The number of ether oxygens (including phenoxy) is 1. The Balaban J connectivity index is 1.81. The smallest absolute Gasteiger partial charge is 0.116 e. The first-order chi connectivity index (χ1) is 11.5. The number of phenolic OH excluding ortho intramolecular Hbond substituents is 1. The second-order valence-corrected chi connectivity index (χ2v) is 7.71. The molecule has 132 valence electrons. The average molecular weight is 333 g/mol. The van der Waals surface area contributed by atoms with Crippen molar-refractivity contribution in [3.8, 4) is 5.75 Å². The van der Waals surface area contributed by atoms with Crippen molar-refractivity contribution in [3.63, 3.8) is 0 Å². The summed E-state index contributed by atoms with van der Waals surface area (Å²) < 4.78 is 5.82. The average Bonchev–Trinajstić information content (AvgIpc) is 2.54. The minimum atomic E-state index is -0.420. The Morgan fingerprint density at radius 2 is 2.21 bits per heavy atom. The van der Waals surface area contributed by atoms with Gasteiger partial charge >= 0.3 is 0 Å². The van der Waals surface area contributed by atoms with Crippen LogP contribution in [0.1, 0.15) is 36.0 Å². The standard InChI is InChI=1S/C19H27NO4/c1-11-6-12(22)7-15-14(11)9-16-18-17(23)8-13(24-5-4-21)10-19(15,18)2-3-20-16/h6-7,13,16-18,20-23H,2-5,8-10H2,1H3/t13-,16-,17-,18+,19-/m1/s1. The molecule has 5 atom stereocenters. The number of nitrogens with one attached hydrogen (secondary N) is 1. The van der Waals surface area contributed by atoms with E-state index in [4.69, 9.17) is 9.84 Å². The van der Waals surface area contributed by atoms with Crippen molar-refractivity contribution in [1.82, 2.24) is 5.32 Å². The Morgan fingerprint density at radius 1 is 1.38 bits per heavy atom. The molecule has 0 unspecified atom stereocenters. The Morgan fingerprint density at radius 3 is 3.00 bits per heavy atom. The number of benzene rings is 1. The van der Waals surface area contributed by atoms with Crippen molar-refractivity contribution in [2.75, 3.05) is 19.8 Å². The molecule has 1 aliphatic heterocycles. The molecule has 2 aliphatic carbocycles. The zero-order chi connectivity index (χ0) is 16.9. The van der Waals surface area contributed by atoms with Crippen LogP contribution >= 0.6 is 0 Å². The number of fused-ring (bicyclic) bond motifs is 1. The number of rotatable bonds is 3. The van der Waals surface area contributed by atoms with E-state index in [2.05, 4.69) is 12.2 Å². The fourth-order valence-corrected chi connectivity index (χ4v) is 5.64. The first-order valence-electron chi connectivity index (χ1n) is 9.02. The van der Waals surface area contributed by atoms with Crippen molar-refractivity contribution in [1.29, 1.82) is 0 Å². The molecule has 0 aromatic heterocycles. The quantitative estimate of drug-likeness (QED) is 0.664. The van der Waals surface area contributed by atoms with Gasteiger partial charge in [-0.1, -0.05) is 0 Å². The number of aromatic hydroxyl groups is 1. The van der Waals surface area contributed by atoms with Gasteiger partial charge in [0.25, 0.3) is 0 Å². The minimum Gasteiger partial charge on any atom is -0.508 e. The summed E-state index contributed by atoms with van der Waals surface area (Å²) in [6.45, 7) is 3.30. The van der Waals surface area contributed by atoms with E-state index in [1.54, 1.807) is 0 Å². The number of phenols is 1. The van der Waals surface area contributed by atoms with Gasteiger partial charge in [0, 0.05) is 17.4 Å². The largest absolute Gasteiger partial charge is 0.508 e. The van der Waals surface area contributed by atoms with Gasteiger partial charge in [-0.25, -0.2) is 0 Å². The van der Waals surface area contributed by atoms with Crippen molar-refractivity contribution in [2.24, 2.45) is 5.92 Å². The third-order valence-electron chi connectivity index (χ3n) is 6.42. The summed E-state index contributed by atoms with van der Waals surface area (Å²) in [5.74, 6) is 0.471. The van der Waals surface area contributed by atoms with Crippen LogP contribution in [-0.2, 0) is 16.6 Å². The third kappa shape index (κ3) is 2.37. The van der Waals surface area contributed by atoms with Gasteiger partial charge in [0.2, 0.25) is 0 Å². The van der Waals surface area contributed by atoms with Gasteiger partial charge in [0.05, 0.1) is 25.4 Å². The summed E-state index contributed by atoms with van der Waals surface area (Å²) in [6, 6.07) is 4.03. The maximum absolute atomic E-state index is 10.9. The number of hydrogen-bond acceptors (Lipinski definition) is 5. The lowest BCUT2D eigenvalue weighted by molar-refractivity contribution is -0.106. The summed E-state index contributed by atoms with van der Waals surface area (Å²) in [5.41, 5.74) is 3.50. The number of aliphatic hydroxyl groups is 2. The van der Waals surface area contributed by atoms with E-state index in [1.807, 2.05) is 12.1 Å². The van der Waals surface area contributed by atoms with Crippen LogP contribution in [0, 0.1) is 12.8 Å². The van der Waals surface area contributed by atoms with Crippen molar-refractivity contribution < 1.29 is 20.1 Å². The molecule has 0 amide bonds. The van der Waals surface area contributed by atoms with Crippen LogP contribution in [0.4, 0.5) is 0 Å². The van der Waals surface area contributed by atoms with E-state index < -0.39 is 6.10 Å². The van der Waals surface area contributed by atoms with Gasteiger partial charge in [-0.05, 0) is 68.0 Å². The molecular weight excluding hydrogens is 306 g/mol. The van der Waals surface area contributed by atoms with Crippen LogP contribution in [0.2, 0.25) is 0 Å². The maximum atomic E-state index is 10.9. The molecule has 2 bridgehead atoms. The number of piperidine rings is 1. The van der Waals surface area contributed by atoms with E-state index in [-0.39, 0.29) is 30.1 Å². The highest BCUT2D eigenvalue weighted by molar-refractivity contribution is 5.49. The van der Waals surface area contributed by atoms with E-state index in [1.165, 1.54) is 11.1 Å². The summed E-state index contributed by atoms with van der Waals surface area (Å²) in [7, 11) is 0. The molecule has 0 radical (unpaired) electrons. The summed E-state index contributed by atoms with van der Waals surface area (Å²) in [6.07, 6.45) is 2.86. The lowest BCUT2D eigenvalue weighted by Gasteiger charge is -2.59. The molecule has 1 saturated carbocycles. The minimum absolute atomic E-state index is 0.00366. The first kappa shape index (κ1) is 16.3. The van der Waals surface area contributed by atoms with Gasteiger partial charge in [-0.2, -0.15) is 0 Å². The topological polar surface area (TPSA) is 82.0 Å². The predicted molar refractivity (Wildman–Crippen MR) is 90.2 cm³/mol. The van der Waals surface area contributed by atoms with Crippen LogP contribution < -0.4 is 5.32 Å². The molecule has 1 aromatic carbocycles. The highest BCUT2D eigenvalue weighted by atomic mass is 16.5. The molecule has 1 aromatic rings. The molecule has 3 aliphatic rings. The third-order valence-corrected chi connectivity index (χ3v) is 6.42. The second kappa shape index (κ2) is 5.99. The van der Waals surface area contributed by atoms with Crippen LogP contribution in [0.15, 0.2) is 12.1 Å². The molecule has 0 spiro atoms. The van der Waals surface area contributed by atoms with Gasteiger partial charge < -0.3 is 25.4 Å². The SMILES string of the molecule is Cc1cc(O)cc2c1C[C@H]1NCC[C@@]23C[C@H](OCCO)C[C@@H](O)[C@H]13. The number of hydrogen-bond donors (Lipinski definition) is 4. The van der Waals surface area contributed by atoms with E-state index in [9.17, 15) is 10.2 Å². The molecule has 24 heavy (non-hydrogen) atoms. The first-order valence-corrected chi connectivity index (χ1v) is 9.02. The molecule has 4 rings (SSSR count). The van der Waals surface area contributed by atoms with Crippen LogP contribution in [0.5, 0.6) is 5.75 Å². The molecule has 2 fully saturated rings. The summed E-state index contributed by atoms with van der Waals surface area (Å²) in [5, 5.41) is 33.8. The number of aliphatic hydroxyl groups excluding tert-OH is 2. The normalized spacial score (nSPS) is 37.6. The van der Waals surface area contributed by atoms with Crippen LogP contribution in [0.3, 0.4) is 0 Å². The van der Waals surface area contributed by atoms with Crippen molar-refractivity contribution in [2.45, 2.75) is 56.3 Å². The van der Waals surface area contributed by atoms with E-state index in [0.29, 0.717) is 18.8 Å². The van der Waals surface area contributed by atoms with Gasteiger partial charge in [0.1, 0.15) is 5.75 Å². The number of aryl methyl sites for hydroxylation is 1. The Hall–Kier alpha value is -1.14. The lowest BCUT2D eigenvalue weighted by atomic mass is 9.51. The predicted octanol–water partition coefficient (Wildman–Crippen LogP) is 1.00. The zero-order valence-corrected chi connectivity index (χ0v) is 14.2. The highest BCUT2D eigenvalue weighted by Gasteiger charge is 2.57. The van der Waals surface area contributed by atoms with E-state index in [0.717, 1.165) is 31.4 Å². The Kier molecular flexibility index (Phi) is 4.07. The van der Waals surface area contributed by atoms with Gasteiger partial charge in [0.15, 0.2) is 0 Å². The van der Waals surface area contributed by atoms with Gasteiger partial charge in [-0.15, -0.1) is 0 Å². The molecule has 4 N–H and O–H groups in total. The Bertz CT molecular complexity index is 634. The lowest BCUT2D eigenvalue weighted by Crippen LogP contribution is -2.65. The Labute approximate surface area is 142 Å². The van der Waals surface area contributed by atoms with Crippen LogP contribution in [0.25, 0.3) is 0 Å². The van der Waals surface area contributed by atoms with E-state index >= 15 is 0 Å². The zero-order valence-electron chi connectivity index (χ0n) is 14.2. The fourth-order valence-electron chi connectivity index (χ4n) is 5.64. The van der Waals surface area contributed by atoms with Gasteiger partial charge in [-0.3, -0.25) is 0 Å². The monoisotopic (exact) mass is 333 g/mol. The summed E-state index contributed by atoms with van der Waals surface area (Å²) >= 11 is 0. The molecular formula is C19H27NO4. The molecule has 5 nitrogen and oxygen atoms in total. The molecule has 5 heteroatoms. The second-order valence-electron chi connectivity index (χ2n) is 7.71. The highest BCUT2D eigenvalue weighted by Crippen LogP contribution is 2.55. The van der Waals surface area contributed by atoms with Crippen LogP contribution in [-0.4, -0.2) is 53.3 Å². The van der Waals surface area contributed by atoms with Crippen molar-refractivity contribution in [3.05, 3.63) is 28.8 Å². The maximum Gasteiger partial charge on any atom is 0.116 e. The van der Waals surface area contributed by atoms with Crippen molar-refractivity contribution >= 4 is 0 Å². The molecule has 1 saturated heterocycles. The summed E-state index contributed by atoms with van der Waals surface area (Å²) in [4.78, 5) is 0. The fraction of sp³-hybridized carbons (Fsp3) is 0.684. The molecule has 1 heterocycles.